The standard InChI is InChI=1S/C14H15N3O3/c1-2-20-13(19)10-5-9(12(18)17-16)6-11(7-10)14(8-15)3-4-14/h5-7H,2-4,16H2,1H3,(H,17,18). The summed E-state index contributed by atoms with van der Waals surface area (Å²) in [5.41, 5.74) is 2.59. The van der Waals surface area contributed by atoms with Gasteiger partial charge in [0.15, 0.2) is 0 Å². The highest BCUT2D eigenvalue weighted by Crippen LogP contribution is 2.47. The number of nitriles is 1. The van der Waals surface area contributed by atoms with Crippen LogP contribution in [-0.2, 0) is 10.2 Å². The van der Waals surface area contributed by atoms with Gasteiger partial charge >= 0.3 is 5.97 Å². The Balaban J connectivity index is 2.48. The molecule has 0 atom stereocenters. The number of nitrogens with two attached hydrogens (primary N) is 1. The molecule has 1 amide bonds. The number of carbonyl (C=O) groups excluding carboxylic acids is 2. The molecular formula is C14H15N3O3. The third-order valence-corrected chi connectivity index (χ3v) is 3.35. The predicted octanol–water partition coefficient (Wildman–Crippen LogP) is 1.02. The van der Waals surface area contributed by atoms with E-state index in [-0.39, 0.29) is 17.7 Å². The quantitative estimate of drug-likeness (QED) is 0.369. The summed E-state index contributed by atoms with van der Waals surface area (Å²) in [7, 11) is 0. The summed E-state index contributed by atoms with van der Waals surface area (Å²) >= 11 is 0. The minimum atomic E-state index is -0.591. The molecule has 1 fully saturated rings. The molecule has 2 rings (SSSR count). The lowest BCUT2D eigenvalue weighted by Gasteiger charge is -2.11. The van der Waals surface area contributed by atoms with Crippen LogP contribution in [0.4, 0.5) is 0 Å². The summed E-state index contributed by atoms with van der Waals surface area (Å²) in [6, 6.07) is 6.86. The average molecular weight is 273 g/mol. The largest absolute Gasteiger partial charge is 0.462 e. The number of hydrogen-bond donors (Lipinski definition) is 2. The average Bonchev–Trinajstić information content (AvgIpc) is 3.27. The monoisotopic (exact) mass is 273 g/mol. The van der Waals surface area contributed by atoms with Crippen molar-refractivity contribution in [3.63, 3.8) is 0 Å². The lowest BCUT2D eigenvalue weighted by Crippen LogP contribution is -2.30. The van der Waals surface area contributed by atoms with Crippen molar-refractivity contribution in [2.75, 3.05) is 6.61 Å². The summed E-state index contributed by atoms with van der Waals surface area (Å²) < 4.78 is 4.93. The van der Waals surface area contributed by atoms with Gasteiger partial charge in [-0.1, -0.05) is 0 Å². The summed E-state index contributed by atoms with van der Waals surface area (Å²) in [6.07, 6.45) is 1.44. The molecular weight excluding hydrogens is 258 g/mol. The van der Waals surface area contributed by atoms with Crippen LogP contribution in [0.2, 0.25) is 0 Å². The van der Waals surface area contributed by atoms with Crippen LogP contribution in [0.3, 0.4) is 0 Å². The van der Waals surface area contributed by atoms with E-state index in [0.717, 1.165) is 12.8 Å². The molecule has 0 heterocycles. The highest BCUT2D eigenvalue weighted by molar-refractivity contribution is 5.98. The normalized spacial score (nSPS) is 15.1. The van der Waals surface area contributed by atoms with Gasteiger partial charge in [0.25, 0.3) is 5.91 Å². The van der Waals surface area contributed by atoms with E-state index in [1.165, 1.54) is 6.07 Å². The number of nitrogen functional groups attached to an aromatic ring is 1. The number of carbonyl (C=O) groups is 2. The first-order chi connectivity index (χ1) is 9.56. The van der Waals surface area contributed by atoms with Crippen molar-refractivity contribution in [1.29, 1.82) is 5.26 Å². The lowest BCUT2D eigenvalue weighted by atomic mass is 9.93. The van der Waals surface area contributed by atoms with Crippen LogP contribution >= 0.6 is 0 Å². The Bertz CT molecular complexity index is 600. The highest BCUT2D eigenvalue weighted by atomic mass is 16.5. The second kappa shape index (κ2) is 5.31. The Morgan fingerprint density at radius 2 is 2.05 bits per heavy atom. The van der Waals surface area contributed by atoms with E-state index >= 15 is 0 Å². The zero-order valence-corrected chi connectivity index (χ0v) is 11.1. The first-order valence-electron chi connectivity index (χ1n) is 6.31. The fraction of sp³-hybridized carbons (Fsp3) is 0.357. The molecule has 6 heteroatoms. The van der Waals surface area contributed by atoms with Crippen molar-refractivity contribution in [3.8, 4) is 6.07 Å². The molecule has 0 aromatic heterocycles. The number of nitrogens with one attached hydrogen (secondary N) is 1. The van der Waals surface area contributed by atoms with E-state index < -0.39 is 17.3 Å². The third kappa shape index (κ3) is 2.49. The van der Waals surface area contributed by atoms with Crippen LogP contribution in [0.15, 0.2) is 18.2 Å². The molecule has 1 aliphatic carbocycles. The SMILES string of the molecule is CCOC(=O)c1cc(C(=O)NN)cc(C2(C#N)CC2)c1. The smallest absolute Gasteiger partial charge is 0.338 e. The summed E-state index contributed by atoms with van der Waals surface area (Å²) in [4.78, 5) is 23.5. The molecule has 1 aromatic rings. The number of nitrogens with zero attached hydrogens (tertiary/aromatic N) is 1. The zero-order valence-electron chi connectivity index (χ0n) is 11.1. The van der Waals surface area contributed by atoms with Crippen molar-refractivity contribution in [3.05, 3.63) is 34.9 Å². The summed E-state index contributed by atoms with van der Waals surface area (Å²) in [6.45, 7) is 1.94. The van der Waals surface area contributed by atoms with E-state index in [1.54, 1.807) is 19.1 Å². The highest BCUT2D eigenvalue weighted by Gasteiger charge is 2.45. The Hall–Kier alpha value is -2.39. The molecule has 0 aliphatic heterocycles. The third-order valence-electron chi connectivity index (χ3n) is 3.35. The fourth-order valence-electron chi connectivity index (χ4n) is 2.04. The van der Waals surface area contributed by atoms with Crippen LogP contribution in [0.25, 0.3) is 0 Å². The van der Waals surface area contributed by atoms with E-state index in [4.69, 9.17) is 10.6 Å². The fourth-order valence-corrected chi connectivity index (χ4v) is 2.04. The van der Waals surface area contributed by atoms with Crippen LogP contribution < -0.4 is 11.3 Å². The molecule has 1 aromatic carbocycles. The van der Waals surface area contributed by atoms with E-state index in [9.17, 15) is 14.9 Å². The van der Waals surface area contributed by atoms with Gasteiger partial charge in [-0.25, -0.2) is 10.6 Å². The van der Waals surface area contributed by atoms with Crippen molar-refractivity contribution >= 4 is 11.9 Å². The minimum Gasteiger partial charge on any atom is -0.462 e. The van der Waals surface area contributed by atoms with Crippen LogP contribution in [0.1, 0.15) is 46.0 Å². The number of benzene rings is 1. The number of esters is 1. The number of hydrazine groups is 1. The Kier molecular flexibility index (Phi) is 3.72. The van der Waals surface area contributed by atoms with Crippen LogP contribution in [0.5, 0.6) is 0 Å². The van der Waals surface area contributed by atoms with Gasteiger partial charge in [-0.3, -0.25) is 10.2 Å². The second-order valence-electron chi connectivity index (χ2n) is 4.69. The lowest BCUT2D eigenvalue weighted by molar-refractivity contribution is 0.0526. The molecule has 3 N–H and O–H groups in total. The molecule has 104 valence electrons. The molecule has 1 aliphatic rings. The second-order valence-corrected chi connectivity index (χ2v) is 4.69. The van der Waals surface area contributed by atoms with Gasteiger partial charge in [0, 0.05) is 5.56 Å². The first-order valence-corrected chi connectivity index (χ1v) is 6.31. The number of ether oxygens (including phenoxy) is 1. The molecule has 0 bridgehead atoms. The predicted molar refractivity (Wildman–Crippen MR) is 70.6 cm³/mol. The van der Waals surface area contributed by atoms with Gasteiger partial charge in [-0.05, 0) is 43.5 Å². The molecule has 0 radical (unpaired) electrons. The summed E-state index contributed by atoms with van der Waals surface area (Å²) in [5, 5.41) is 9.24. The molecule has 1 saturated carbocycles. The van der Waals surface area contributed by atoms with Crippen molar-refractivity contribution in [2.24, 2.45) is 5.84 Å². The van der Waals surface area contributed by atoms with Gasteiger partial charge < -0.3 is 4.74 Å². The molecule has 0 saturated heterocycles. The first kappa shape index (κ1) is 14.0. The van der Waals surface area contributed by atoms with E-state index in [1.807, 2.05) is 5.43 Å². The zero-order chi connectivity index (χ0) is 14.8. The number of hydrogen-bond acceptors (Lipinski definition) is 5. The van der Waals surface area contributed by atoms with Crippen LogP contribution in [-0.4, -0.2) is 18.5 Å². The Labute approximate surface area is 116 Å². The molecule has 20 heavy (non-hydrogen) atoms. The van der Waals surface area contributed by atoms with Crippen molar-refractivity contribution in [2.45, 2.75) is 25.2 Å². The summed E-state index contributed by atoms with van der Waals surface area (Å²) in [5.74, 6) is 4.09. The topological polar surface area (TPSA) is 105 Å². The molecule has 0 unspecified atom stereocenters. The molecule has 6 nitrogen and oxygen atoms in total. The van der Waals surface area contributed by atoms with Crippen LogP contribution in [0, 0.1) is 11.3 Å². The van der Waals surface area contributed by atoms with Gasteiger partial charge in [-0.2, -0.15) is 5.26 Å². The molecule has 0 spiro atoms. The Morgan fingerprint density at radius 3 is 2.55 bits per heavy atom. The maximum atomic E-state index is 11.8. The number of amides is 1. The van der Waals surface area contributed by atoms with Gasteiger partial charge in [0.05, 0.1) is 23.7 Å². The van der Waals surface area contributed by atoms with Gasteiger partial charge in [0.1, 0.15) is 0 Å². The van der Waals surface area contributed by atoms with Gasteiger partial charge in [0.2, 0.25) is 0 Å². The maximum Gasteiger partial charge on any atom is 0.338 e. The maximum absolute atomic E-state index is 11.8. The Morgan fingerprint density at radius 1 is 1.40 bits per heavy atom. The van der Waals surface area contributed by atoms with E-state index in [2.05, 4.69) is 6.07 Å². The number of rotatable bonds is 4. The van der Waals surface area contributed by atoms with Crippen molar-refractivity contribution in [1.82, 2.24) is 5.43 Å². The van der Waals surface area contributed by atoms with E-state index in [0.29, 0.717) is 5.56 Å². The minimum absolute atomic E-state index is 0.241. The van der Waals surface area contributed by atoms with Crippen molar-refractivity contribution < 1.29 is 14.3 Å². The van der Waals surface area contributed by atoms with Gasteiger partial charge in [-0.15, -0.1) is 0 Å².